The van der Waals surface area contributed by atoms with E-state index < -0.39 is 11.5 Å². The van der Waals surface area contributed by atoms with Crippen molar-refractivity contribution in [1.29, 1.82) is 0 Å². The number of hydrogen-bond acceptors (Lipinski definition) is 6. The summed E-state index contributed by atoms with van der Waals surface area (Å²) in [6, 6.07) is 0. The summed E-state index contributed by atoms with van der Waals surface area (Å²) in [5.74, 6) is -0.984. The number of fused-ring (bicyclic) bond motifs is 1. The van der Waals surface area contributed by atoms with Gasteiger partial charge in [-0.1, -0.05) is 0 Å². The molecule has 1 fully saturated rings. The summed E-state index contributed by atoms with van der Waals surface area (Å²) in [6.07, 6.45) is 7.74. The van der Waals surface area contributed by atoms with Crippen LogP contribution in [0.1, 0.15) is 39.3 Å². The highest BCUT2D eigenvalue weighted by Crippen LogP contribution is 2.31. The number of carbonyl (C=O) groups is 1. The maximum absolute atomic E-state index is 11.5. The molecular weight excluding hydrogens is 372 g/mol. The molecule has 1 aliphatic heterocycles. The molecule has 0 amide bonds. The van der Waals surface area contributed by atoms with Crippen LogP contribution in [0.5, 0.6) is 0 Å². The summed E-state index contributed by atoms with van der Waals surface area (Å²) < 4.78 is 9.08. The molecule has 142 valence electrons. The molecule has 3 aromatic rings. The molecule has 1 atom stereocenters. The van der Waals surface area contributed by atoms with Crippen molar-refractivity contribution in [1.82, 2.24) is 29.3 Å². The second-order valence-corrected chi connectivity index (χ2v) is 7.36. The van der Waals surface area contributed by atoms with E-state index in [2.05, 4.69) is 20.1 Å². The zero-order valence-corrected chi connectivity index (χ0v) is 15.7. The highest BCUT2D eigenvalue weighted by atomic mass is 35.5. The Balaban J connectivity index is 1.80. The number of aromatic nitrogens is 6. The molecule has 4 heterocycles. The fraction of sp³-hybridized carbons (Fsp3) is 0.471. The molecule has 10 heteroatoms. The van der Waals surface area contributed by atoms with Crippen molar-refractivity contribution in [2.45, 2.75) is 44.9 Å². The molecule has 1 saturated heterocycles. The number of aliphatic carboxylic acids is 1. The maximum Gasteiger partial charge on any atom is 0.331 e. The Morgan fingerprint density at radius 3 is 2.89 bits per heavy atom. The number of halogens is 1. The van der Waals surface area contributed by atoms with Crippen LogP contribution in [-0.4, -0.2) is 47.0 Å². The molecule has 0 saturated carbocycles. The monoisotopic (exact) mass is 390 g/mol. The Kier molecular flexibility index (Phi) is 4.35. The second kappa shape index (κ2) is 6.58. The van der Waals surface area contributed by atoms with Gasteiger partial charge in [-0.15, -0.1) is 0 Å². The third-order valence-electron chi connectivity index (χ3n) is 4.81. The van der Waals surface area contributed by atoms with Crippen molar-refractivity contribution >= 4 is 28.7 Å². The number of carboxylic acid groups (broad SMARTS) is 1. The van der Waals surface area contributed by atoms with Crippen LogP contribution in [0.3, 0.4) is 0 Å². The lowest BCUT2D eigenvalue weighted by molar-refractivity contribution is -0.146. The minimum Gasteiger partial charge on any atom is -0.479 e. The molecule has 0 spiro atoms. The average molecular weight is 391 g/mol. The molecule has 3 aromatic heterocycles. The van der Waals surface area contributed by atoms with E-state index in [0.717, 1.165) is 19.3 Å². The number of imidazole rings is 1. The molecule has 0 bridgehead atoms. The van der Waals surface area contributed by atoms with Crippen LogP contribution in [0.4, 0.5) is 0 Å². The number of nitrogens with zero attached hydrogens (tertiary/aromatic N) is 6. The van der Waals surface area contributed by atoms with Crippen molar-refractivity contribution in [3.8, 4) is 11.3 Å². The lowest BCUT2D eigenvalue weighted by Crippen LogP contribution is -2.35. The van der Waals surface area contributed by atoms with Crippen LogP contribution in [0.25, 0.3) is 22.4 Å². The summed E-state index contributed by atoms with van der Waals surface area (Å²) in [5, 5.41) is 13.7. The number of ether oxygens (including phenoxy) is 1. The van der Waals surface area contributed by atoms with Crippen LogP contribution >= 0.6 is 11.6 Å². The standard InChI is InChI=1S/C17H19ClN6O3/c1-17(2,15(25)26)24-8-10(7-20-24)12-13-14(22-16(18)21-12)23(9-19-13)11-5-3-4-6-27-11/h7-9,11H,3-6H2,1-2H3,(H,25,26). The summed E-state index contributed by atoms with van der Waals surface area (Å²) >= 11 is 6.16. The van der Waals surface area contributed by atoms with Gasteiger partial charge >= 0.3 is 5.97 Å². The summed E-state index contributed by atoms with van der Waals surface area (Å²) in [4.78, 5) is 24.6. The minimum absolute atomic E-state index is 0.0836. The van der Waals surface area contributed by atoms with Gasteiger partial charge in [0.05, 0.1) is 12.5 Å². The van der Waals surface area contributed by atoms with E-state index in [0.29, 0.717) is 29.0 Å². The number of carboxylic acids is 1. The fourth-order valence-electron chi connectivity index (χ4n) is 3.09. The van der Waals surface area contributed by atoms with Gasteiger partial charge in [-0.3, -0.25) is 9.25 Å². The predicted molar refractivity (Wildman–Crippen MR) is 97.4 cm³/mol. The van der Waals surface area contributed by atoms with Crippen molar-refractivity contribution < 1.29 is 14.6 Å². The van der Waals surface area contributed by atoms with Crippen LogP contribution in [0.15, 0.2) is 18.7 Å². The Morgan fingerprint density at radius 1 is 1.37 bits per heavy atom. The van der Waals surface area contributed by atoms with Crippen LogP contribution in [-0.2, 0) is 15.1 Å². The summed E-state index contributed by atoms with van der Waals surface area (Å²) in [5.41, 5.74) is 1.09. The maximum atomic E-state index is 11.5. The normalized spacial score (nSPS) is 18.1. The summed E-state index contributed by atoms with van der Waals surface area (Å²) in [6.45, 7) is 3.85. The predicted octanol–water partition coefficient (Wildman–Crippen LogP) is 2.86. The van der Waals surface area contributed by atoms with Gasteiger partial charge in [-0.2, -0.15) is 10.1 Å². The van der Waals surface area contributed by atoms with E-state index in [-0.39, 0.29) is 11.5 Å². The first-order chi connectivity index (χ1) is 12.9. The average Bonchev–Trinajstić information content (AvgIpc) is 3.29. The largest absolute Gasteiger partial charge is 0.479 e. The van der Waals surface area contributed by atoms with Crippen LogP contribution < -0.4 is 0 Å². The zero-order valence-electron chi connectivity index (χ0n) is 15.0. The van der Waals surface area contributed by atoms with Gasteiger partial charge in [0.2, 0.25) is 5.28 Å². The molecule has 0 aliphatic carbocycles. The van der Waals surface area contributed by atoms with E-state index in [1.54, 1.807) is 32.6 Å². The molecule has 4 rings (SSSR count). The minimum atomic E-state index is -1.19. The van der Waals surface area contributed by atoms with Gasteiger partial charge in [0.15, 0.2) is 11.2 Å². The molecule has 0 radical (unpaired) electrons. The van der Waals surface area contributed by atoms with E-state index in [1.165, 1.54) is 4.68 Å². The Hall–Kier alpha value is -2.52. The zero-order chi connectivity index (χ0) is 19.2. The first kappa shape index (κ1) is 17.9. The van der Waals surface area contributed by atoms with E-state index >= 15 is 0 Å². The van der Waals surface area contributed by atoms with Crippen LogP contribution in [0.2, 0.25) is 5.28 Å². The lowest BCUT2D eigenvalue weighted by atomic mass is 10.1. The van der Waals surface area contributed by atoms with Gasteiger partial charge < -0.3 is 9.84 Å². The molecule has 1 aliphatic rings. The van der Waals surface area contributed by atoms with Crippen molar-refractivity contribution in [2.24, 2.45) is 0 Å². The van der Waals surface area contributed by atoms with Crippen molar-refractivity contribution in [3.05, 3.63) is 24.0 Å². The Labute approximate surface area is 160 Å². The molecular formula is C17H19ClN6O3. The van der Waals surface area contributed by atoms with Gasteiger partial charge in [-0.05, 0) is 44.7 Å². The van der Waals surface area contributed by atoms with Gasteiger partial charge in [-0.25, -0.2) is 14.8 Å². The number of hydrogen-bond donors (Lipinski definition) is 1. The van der Waals surface area contributed by atoms with E-state index in [1.807, 2.05) is 4.57 Å². The van der Waals surface area contributed by atoms with Gasteiger partial charge in [0, 0.05) is 18.4 Å². The Bertz CT molecular complexity index is 1010. The molecule has 9 nitrogen and oxygen atoms in total. The number of rotatable bonds is 4. The molecule has 0 aromatic carbocycles. The van der Waals surface area contributed by atoms with Gasteiger partial charge in [0.1, 0.15) is 17.4 Å². The quantitative estimate of drug-likeness (QED) is 0.682. The second-order valence-electron chi connectivity index (χ2n) is 7.02. The summed E-state index contributed by atoms with van der Waals surface area (Å²) in [7, 11) is 0. The van der Waals surface area contributed by atoms with Crippen LogP contribution in [0, 0.1) is 0 Å². The molecule has 1 N–H and O–H groups in total. The fourth-order valence-corrected chi connectivity index (χ4v) is 3.26. The highest BCUT2D eigenvalue weighted by molar-refractivity contribution is 6.28. The van der Waals surface area contributed by atoms with Crippen molar-refractivity contribution in [2.75, 3.05) is 6.61 Å². The topological polar surface area (TPSA) is 108 Å². The highest BCUT2D eigenvalue weighted by Gasteiger charge is 2.31. The van der Waals surface area contributed by atoms with E-state index in [9.17, 15) is 9.90 Å². The third kappa shape index (κ3) is 3.06. The smallest absolute Gasteiger partial charge is 0.331 e. The third-order valence-corrected chi connectivity index (χ3v) is 4.98. The van der Waals surface area contributed by atoms with Crippen molar-refractivity contribution in [3.63, 3.8) is 0 Å². The van der Waals surface area contributed by atoms with E-state index in [4.69, 9.17) is 16.3 Å². The van der Waals surface area contributed by atoms with Gasteiger partial charge in [0.25, 0.3) is 0 Å². The SMILES string of the molecule is CC(C)(C(=O)O)n1cc(-c2nc(Cl)nc3c2ncn3C2CCCCO2)cn1. The first-order valence-corrected chi connectivity index (χ1v) is 9.06. The Morgan fingerprint density at radius 2 is 2.19 bits per heavy atom. The molecule has 1 unspecified atom stereocenters. The lowest BCUT2D eigenvalue weighted by Gasteiger charge is -2.23. The molecule has 27 heavy (non-hydrogen) atoms. The first-order valence-electron chi connectivity index (χ1n) is 8.68.